The average Bonchev–Trinajstić information content (AvgIpc) is 3.12. The molecule has 0 saturated heterocycles. The number of unbranched alkanes of at least 4 members (excludes halogenated alkanes) is 1. The smallest absolute Gasteiger partial charge is 0.161 e. The molecule has 0 amide bonds. The van der Waals surface area contributed by atoms with Gasteiger partial charge in [-0.25, -0.2) is 0 Å². The van der Waals surface area contributed by atoms with Crippen LogP contribution in [-0.2, 0) is 24.2 Å². The largest absolute Gasteiger partial charge is 0.508 e. The van der Waals surface area contributed by atoms with Gasteiger partial charge in [0.1, 0.15) is 23.9 Å². The van der Waals surface area contributed by atoms with Crippen LogP contribution >= 0.6 is 0 Å². The molecule has 3 unspecified atom stereocenters. The molecule has 7 heteroatoms. The monoisotopic (exact) mass is 678 g/mol. The molecule has 264 valence electrons. The molecule has 0 aliphatic heterocycles. The van der Waals surface area contributed by atoms with E-state index in [4.69, 9.17) is 9.47 Å². The minimum absolute atomic E-state index is 0.0133. The summed E-state index contributed by atoms with van der Waals surface area (Å²) in [4.78, 5) is 13.0. The van der Waals surface area contributed by atoms with Crippen LogP contribution in [0.5, 0.6) is 17.2 Å². The first kappa shape index (κ1) is 36.7. The highest BCUT2D eigenvalue weighted by Crippen LogP contribution is 2.36. The van der Waals surface area contributed by atoms with Crippen molar-refractivity contribution in [3.05, 3.63) is 125 Å². The highest BCUT2D eigenvalue weighted by Gasteiger charge is 2.27. The summed E-state index contributed by atoms with van der Waals surface area (Å²) in [5, 5.41) is 42.8. The predicted molar refractivity (Wildman–Crippen MR) is 198 cm³/mol. The first-order valence-electron chi connectivity index (χ1n) is 17.8. The van der Waals surface area contributed by atoms with Crippen LogP contribution in [0.15, 0.2) is 108 Å². The van der Waals surface area contributed by atoms with Crippen molar-refractivity contribution in [3.63, 3.8) is 0 Å². The zero-order valence-electron chi connectivity index (χ0n) is 29.0. The van der Waals surface area contributed by atoms with Gasteiger partial charge in [0.05, 0.1) is 13.2 Å². The summed E-state index contributed by atoms with van der Waals surface area (Å²) in [5.41, 5.74) is 4.09. The highest BCUT2D eigenvalue weighted by atomic mass is 16.5. The quantitative estimate of drug-likeness (QED) is 0.0735. The Morgan fingerprint density at radius 2 is 1.54 bits per heavy atom. The van der Waals surface area contributed by atoms with E-state index in [1.165, 1.54) is 5.56 Å². The molecule has 4 aromatic carbocycles. The number of aliphatic hydroxyl groups excluding tert-OH is 3. The molecule has 0 fully saturated rings. The lowest BCUT2D eigenvalue weighted by Gasteiger charge is -2.29. The lowest BCUT2D eigenvalue weighted by molar-refractivity contribution is -0.121. The molecule has 4 aromatic rings. The van der Waals surface area contributed by atoms with Gasteiger partial charge in [0.2, 0.25) is 0 Å². The van der Waals surface area contributed by atoms with Crippen LogP contribution in [-0.4, -0.2) is 46.0 Å². The molecule has 0 radical (unpaired) electrons. The number of phenols is 1. The number of carbonyl (C=O) groups excluding carboxylic acids is 1. The summed E-state index contributed by atoms with van der Waals surface area (Å²) in [6, 6.07) is 27.3. The number of ketones is 1. The second kappa shape index (κ2) is 18.4. The molecule has 0 aromatic heterocycles. The molecule has 0 bridgehead atoms. The molecule has 0 saturated carbocycles. The third-order valence-electron chi connectivity index (χ3n) is 9.58. The Hall–Kier alpha value is -4.59. The van der Waals surface area contributed by atoms with Crippen molar-refractivity contribution >= 4 is 16.6 Å². The average molecular weight is 679 g/mol. The van der Waals surface area contributed by atoms with Crippen LogP contribution < -0.4 is 9.47 Å². The zero-order valence-corrected chi connectivity index (χ0v) is 29.0. The van der Waals surface area contributed by atoms with E-state index in [0.717, 1.165) is 53.2 Å². The minimum Gasteiger partial charge on any atom is -0.508 e. The standard InChI is InChI=1S/C43H50O7/c1-49-42-20-15-31(23-43(42)50-29-32-13-16-35-25-38(45)19-17-34(35)22-32)14-18-39(46)28-40(47)26-37-27-41(48)36(12-7-21-44)24-33(37)11-6-5-10-30-8-3-2-4-9-30/h2-4,8-9,13,15-17,19-20,22-25,27,33,37,40,44-45,47-48H,5-7,10-12,14,18,21,26,28-29H2,1H3. The number of carbonyl (C=O) groups is 1. The Morgan fingerprint density at radius 1 is 0.760 bits per heavy atom. The molecule has 0 heterocycles. The van der Waals surface area contributed by atoms with E-state index in [1.54, 1.807) is 19.2 Å². The number of hydrogen-bond acceptors (Lipinski definition) is 7. The molecule has 4 N–H and O–H groups in total. The SMILES string of the molecule is COc1ccc(CCC(=O)CC(O)CC2C=C(O)C(CCCO)=CC2CCCCc2ccccc2)cc1OCc1ccc2cc(O)ccc2c1. The van der Waals surface area contributed by atoms with Gasteiger partial charge in [-0.05, 0) is 126 Å². The molecule has 0 spiro atoms. The van der Waals surface area contributed by atoms with E-state index in [2.05, 4.69) is 30.3 Å². The maximum absolute atomic E-state index is 13.0. The summed E-state index contributed by atoms with van der Waals surface area (Å²) in [6.07, 6.45) is 9.65. The highest BCUT2D eigenvalue weighted by molar-refractivity contribution is 5.84. The Kier molecular flexibility index (Phi) is 13.5. The van der Waals surface area contributed by atoms with Gasteiger partial charge in [0.25, 0.3) is 0 Å². The lowest BCUT2D eigenvalue weighted by Crippen LogP contribution is -2.24. The summed E-state index contributed by atoms with van der Waals surface area (Å²) >= 11 is 0. The van der Waals surface area contributed by atoms with E-state index in [9.17, 15) is 25.2 Å². The molecule has 1 aliphatic carbocycles. The number of aromatic hydroxyl groups is 1. The van der Waals surface area contributed by atoms with E-state index < -0.39 is 6.10 Å². The molecular formula is C43H50O7. The topological polar surface area (TPSA) is 116 Å². The third-order valence-corrected chi connectivity index (χ3v) is 9.58. The fourth-order valence-electron chi connectivity index (χ4n) is 6.84. The van der Waals surface area contributed by atoms with Gasteiger partial charge in [0.15, 0.2) is 11.5 Å². The number of hydrogen-bond donors (Lipinski definition) is 4. The van der Waals surface area contributed by atoms with E-state index in [0.29, 0.717) is 50.2 Å². The van der Waals surface area contributed by atoms with Crippen LogP contribution in [0.25, 0.3) is 10.8 Å². The number of allylic oxidation sites excluding steroid dienone is 3. The Labute approximate surface area is 295 Å². The molecule has 1 aliphatic rings. The number of rotatable bonds is 19. The zero-order chi connectivity index (χ0) is 35.3. The predicted octanol–water partition coefficient (Wildman–Crippen LogP) is 8.58. The third kappa shape index (κ3) is 10.7. The summed E-state index contributed by atoms with van der Waals surface area (Å²) < 4.78 is 11.7. The van der Waals surface area contributed by atoms with Crippen molar-refractivity contribution < 1.29 is 34.7 Å². The Balaban J connectivity index is 1.13. The number of aryl methyl sites for hydroxylation is 2. The van der Waals surface area contributed by atoms with Crippen molar-refractivity contribution in [2.45, 2.75) is 76.9 Å². The van der Waals surface area contributed by atoms with Gasteiger partial charge < -0.3 is 29.9 Å². The maximum atomic E-state index is 13.0. The summed E-state index contributed by atoms with van der Waals surface area (Å²) in [7, 11) is 1.59. The minimum atomic E-state index is -0.809. The first-order valence-corrected chi connectivity index (χ1v) is 17.8. The normalized spacial score (nSPS) is 16.5. The maximum Gasteiger partial charge on any atom is 0.161 e. The molecule has 3 atom stereocenters. The second-order valence-electron chi connectivity index (χ2n) is 13.4. The summed E-state index contributed by atoms with van der Waals surface area (Å²) in [5.74, 6) is 1.72. The fraction of sp³-hybridized carbons (Fsp3) is 0.372. The number of aliphatic hydroxyl groups is 3. The first-order chi connectivity index (χ1) is 24.3. The van der Waals surface area contributed by atoms with E-state index >= 15 is 0 Å². The van der Waals surface area contributed by atoms with Crippen LogP contribution in [0, 0.1) is 11.8 Å². The van der Waals surface area contributed by atoms with Crippen molar-refractivity contribution in [3.8, 4) is 17.2 Å². The number of Topliss-reactive ketones (excluding diaryl/α,β-unsaturated/α-hetero) is 1. The Morgan fingerprint density at radius 3 is 2.34 bits per heavy atom. The molecule has 5 rings (SSSR count). The van der Waals surface area contributed by atoms with Crippen LogP contribution in [0.4, 0.5) is 0 Å². The van der Waals surface area contributed by atoms with Crippen LogP contribution in [0.2, 0.25) is 0 Å². The summed E-state index contributed by atoms with van der Waals surface area (Å²) in [6.45, 7) is 0.402. The number of methoxy groups -OCH3 is 1. The second-order valence-corrected chi connectivity index (χ2v) is 13.4. The van der Waals surface area contributed by atoms with E-state index in [1.807, 2.05) is 54.6 Å². The van der Waals surface area contributed by atoms with Gasteiger partial charge in [0, 0.05) is 19.4 Å². The van der Waals surface area contributed by atoms with Crippen molar-refractivity contribution in [2.24, 2.45) is 11.8 Å². The van der Waals surface area contributed by atoms with Crippen LogP contribution in [0.3, 0.4) is 0 Å². The van der Waals surface area contributed by atoms with Crippen molar-refractivity contribution in [1.82, 2.24) is 0 Å². The lowest BCUT2D eigenvalue weighted by atomic mass is 9.77. The molecular weight excluding hydrogens is 628 g/mol. The number of ether oxygens (including phenoxy) is 2. The van der Waals surface area contributed by atoms with Gasteiger partial charge in [-0.3, -0.25) is 4.79 Å². The van der Waals surface area contributed by atoms with Gasteiger partial charge in [-0.1, -0.05) is 67.1 Å². The van der Waals surface area contributed by atoms with Crippen molar-refractivity contribution in [2.75, 3.05) is 13.7 Å². The molecule has 7 nitrogen and oxygen atoms in total. The number of fused-ring (bicyclic) bond motifs is 1. The van der Waals surface area contributed by atoms with Gasteiger partial charge in [-0.2, -0.15) is 0 Å². The molecule has 50 heavy (non-hydrogen) atoms. The number of benzene rings is 4. The fourth-order valence-corrected chi connectivity index (χ4v) is 6.84. The van der Waals surface area contributed by atoms with Crippen LogP contribution in [0.1, 0.15) is 68.1 Å². The van der Waals surface area contributed by atoms with Gasteiger partial charge in [-0.15, -0.1) is 0 Å². The van der Waals surface area contributed by atoms with Gasteiger partial charge >= 0.3 is 0 Å². The Bertz CT molecular complexity index is 1760. The van der Waals surface area contributed by atoms with E-state index in [-0.39, 0.29) is 42.2 Å². The number of phenolic OH excluding ortho intramolecular Hbond substituents is 1. The van der Waals surface area contributed by atoms with Crippen molar-refractivity contribution in [1.29, 1.82) is 0 Å².